The maximum absolute atomic E-state index is 12.2. The van der Waals surface area contributed by atoms with Crippen LogP contribution in [0.1, 0.15) is 29.3 Å². The Bertz CT molecular complexity index is 919. The third kappa shape index (κ3) is 5.28. The Morgan fingerprint density at radius 3 is 2.86 bits per heavy atom. The van der Waals surface area contributed by atoms with Crippen molar-refractivity contribution in [2.24, 2.45) is 5.92 Å². The number of nitriles is 1. The number of carbonyl (C=O) groups excluding carboxylic acids is 2. The number of nitrogens with zero attached hydrogens (tertiary/aromatic N) is 1. The maximum Gasteiger partial charge on any atom is 0.316 e. The zero-order valence-electron chi connectivity index (χ0n) is 15.3. The third-order valence-electron chi connectivity index (χ3n) is 4.41. The Balaban J connectivity index is 1.50. The molecular weight excluding hydrogens is 416 g/mol. The minimum Gasteiger partial charge on any atom is -0.455 e. The van der Waals surface area contributed by atoms with Crippen molar-refractivity contribution in [1.29, 1.82) is 5.26 Å². The highest BCUT2D eigenvalue weighted by molar-refractivity contribution is 8.00. The summed E-state index contributed by atoms with van der Waals surface area (Å²) in [4.78, 5) is 26.1. The summed E-state index contributed by atoms with van der Waals surface area (Å²) >= 11 is 8.59. The molecule has 1 heterocycles. The Labute approximate surface area is 177 Å². The highest BCUT2D eigenvalue weighted by Crippen LogP contribution is 2.39. The molecule has 0 aliphatic heterocycles. The fourth-order valence-electron chi connectivity index (χ4n) is 2.98. The van der Waals surface area contributed by atoms with Gasteiger partial charge in [-0.15, -0.1) is 23.1 Å². The Morgan fingerprint density at radius 2 is 2.14 bits per heavy atom. The van der Waals surface area contributed by atoms with E-state index in [1.165, 1.54) is 28.0 Å². The second-order valence-corrected chi connectivity index (χ2v) is 9.21. The SMILES string of the molecule is C[C@@H]1CCc2c(sc(NC(=O)COC(=O)CSc3ccc(Cl)cc3)c2C#N)C1. The van der Waals surface area contributed by atoms with Crippen molar-refractivity contribution < 1.29 is 14.3 Å². The molecule has 3 rings (SSSR count). The van der Waals surface area contributed by atoms with Crippen LogP contribution in [-0.2, 0) is 27.2 Å². The highest BCUT2D eigenvalue weighted by atomic mass is 35.5. The molecule has 0 fully saturated rings. The smallest absolute Gasteiger partial charge is 0.316 e. The van der Waals surface area contributed by atoms with Crippen LogP contribution in [0.5, 0.6) is 0 Å². The molecule has 8 heteroatoms. The van der Waals surface area contributed by atoms with Crippen molar-refractivity contribution in [1.82, 2.24) is 0 Å². The first-order valence-electron chi connectivity index (χ1n) is 8.84. The average Bonchev–Trinajstić information content (AvgIpc) is 3.01. The molecule has 146 valence electrons. The Morgan fingerprint density at radius 1 is 1.39 bits per heavy atom. The molecule has 0 saturated heterocycles. The lowest BCUT2D eigenvalue weighted by atomic mass is 9.89. The van der Waals surface area contributed by atoms with Gasteiger partial charge in [-0.1, -0.05) is 18.5 Å². The van der Waals surface area contributed by atoms with Gasteiger partial charge in [-0.25, -0.2) is 0 Å². The van der Waals surface area contributed by atoms with E-state index in [0.717, 1.165) is 29.7 Å². The van der Waals surface area contributed by atoms with Crippen molar-refractivity contribution in [2.75, 3.05) is 17.7 Å². The monoisotopic (exact) mass is 434 g/mol. The topological polar surface area (TPSA) is 79.2 Å². The summed E-state index contributed by atoms with van der Waals surface area (Å²) < 4.78 is 5.04. The van der Waals surface area contributed by atoms with Crippen molar-refractivity contribution in [3.63, 3.8) is 0 Å². The number of halogens is 1. The number of anilines is 1. The molecule has 0 spiro atoms. The van der Waals surface area contributed by atoms with Crippen LogP contribution in [0.2, 0.25) is 5.02 Å². The number of esters is 1. The van der Waals surface area contributed by atoms with Gasteiger partial charge in [-0.05, 0) is 55.0 Å². The Hall–Kier alpha value is -2.01. The molecular formula is C20H19ClN2O3S2. The minimum atomic E-state index is -0.477. The molecule has 1 aromatic carbocycles. The normalized spacial score (nSPS) is 15.4. The zero-order valence-corrected chi connectivity index (χ0v) is 17.7. The molecule has 1 aliphatic rings. The summed E-state index contributed by atoms with van der Waals surface area (Å²) in [5, 5.41) is 13.4. The predicted octanol–water partition coefficient (Wildman–Crippen LogP) is 4.67. The van der Waals surface area contributed by atoms with Crippen LogP contribution < -0.4 is 5.32 Å². The summed E-state index contributed by atoms with van der Waals surface area (Å²) in [5.74, 6) is -0.230. The standard InChI is InChI=1S/C20H19ClN2O3S2/c1-12-2-7-15-16(9-22)20(28-17(15)8-12)23-18(24)10-26-19(25)11-27-14-5-3-13(21)4-6-14/h3-6,12H,2,7-8,10-11H2,1H3,(H,23,24)/t12-/m1/s1. The summed E-state index contributed by atoms with van der Waals surface area (Å²) in [6.45, 7) is 1.82. The maximum atomic E-state index is 12.2. The molecule has 1 aromatic heterocycles. The van der Waals surface area contributed by atoms with Gasteiger partial charge >= 0.3 is 5.97 Å². The number of ether oxygens (including phenoxy) is 1. The Kier molecular flexibility index (Phi) is 7.00. The summed E-state index contributed by atoms with van der Waals surface area (Å²) in [5.41, 5.74) is 1.60. The first-order valence-corrected chi connectivity index (χ1v) is 11.0. The van der Waals surface area contributed by atoms with Gasteiger partial charge in [0.25, 0.3) is 5.91 Å². The van der Waals surface area contributed by atoms with Crippen LogP contribution in [0, 0.1) is 17.2 Å². The number of hydrogen-bond donors (Lipinski definition) is 1. The van der Waals surface area contributed by atoms with E-state index in [1.807, 2.05) is 12.1 Å². The van der Waals surface area contributed by atoms with Gasteiger partial charge in [-0.2, -0.15) is 5.26 Å². The number of hydrogen-bond acceptors (Lipinski definition) is 6. The second-order valence-electron chi connectivity index (χ2n) is 6.62. The van der Waals surface area contributed by atoms with Crippen LogP contribution in [-0.4, -0.2) is 24.2 Å². The fourth-order valence-corrected chi connectivity index (χ4v) is 5.18. The number of amides is 1. The number of rotatable bonds is 6. The van der Waals surface area contributed by atoms with E-state index in [2.05, 4.69) is 18.3 Å². The van der Waals surface area contributed by atoms with Crippen LogP contribution in [0.25, 0.3) is 0 Å². The number of carbonyl (C=O) groups is 2. The van der Waals surface area contributed by atoms with E-state index >= 15 is 0 Å². The lowest BCUT2D eigenvalue weighted by Crippen LogP contribution is -2.21. The van der Waals surface area contributed by atoms with Crippen molar-refractivity contribution >= 4 is 51.6 Å². The number of benzene rings is 1. The summed E-state index contributed by atoms with van der Waals surface area (Å²) in [7, 11) is 0. The molecule has 2 aromatic rings. The molecule has 5 nitrogen and oxygen atoms in total. The molecule has 1 aliphatic carbocycles. The van der Waals surface area contributed by atoms with Crippen LogP contribution in [0.15, 0.2) is 29.2 Å². The van der Waals surface area contributed by atoms with Crippen molar-refractivity contribution in [2.45, 2.75) is 31.1 Å². The van der Waals surface area contributed by atoms with E-state index in [0.29, 0.717) is 21.5 Å². The van der Waals surface area contributed by atoms with Crippen molar-refractivity contribution in [3.05, 3.63) is 45.3 Å². The predicted molar refractivity (Wildman–Crippen MR) is 112 cm³/mol. The second kappa shape index (κ2) is 9.46. The van der Waals surface area contributed by atoms with E-state index in [9.17, 15) is 14.9 Å². The molecule has 0 unspecified atom stereocenters. The third-order valence-corrected chi connectivity index (χ3v) is 6.82. The zero-order chi connectivity index (χ0) is 20.1. The average molecular weight is 435 g/mol. The fraction of sp³-hybridized carbons (Fsp3) is 0.350. The van der Waals surface area contributed by atoms with Gasteiger partial charge in [0.05, 0.1) is 11.3 Å². The number of nitrogens with one attached hydrogen (secondary N) is 1. The lowest BCUT2D eigenvalue weighted by molar-refractivity contribution is -0.144. The van der Waals surface area contributed by atoms with Crippen LogP contribution in [0.4, 0.5) is 5.00 Å². The number of fused-ring (bicyclic) bond motifs is 1. The van der Waals surface area contributed by atoms with Crippen LogP contribution >= 0.6 is 34.7 Å². The molecule has 1 N–H and O–H groups in total. The first-order chi connectivity index (χ1) is 13.5. The van der Waals surface area contributed by atoms with E-state index in [-0.39, 0.29) is 12.4 Å². The van der Waals surface area contributed by atoms with Gasteiger partial charge in [-0.3, -0.25) is 9.59 Å². The van der Waals surface area contributed by atoms with Crippen molar-refractivity contribution in [3.8, 4) is 6.07 Å². The van der Waals surface area contributed by atoms with Gasteiger partial charge in [0, 0.05) is 14.8 Å². The number of thiophene rings is 1. The van der Waals surface area contributed by atoms with Gasteiger partial charge < -0.3 is 10.1 Å². The quantitative estimate of drug-likeness (QED) is 0.527. The first kappa shape index (κ1) is 20.7. The highest BCUT2D eigenvalue weighted by Gasteiger charge is 2.24. The van der Waals surface area contributed by atoms with Gasteiger partial charge in [0.1, 0.15) is 11.1 Å². The molecule has 1 amide bonds. The lowest BCUT2D eigenvalue weighted by Gasteiger charge is -2.17. The molecule has 28 heavy (non-hydrogen) atoms. The largest absolute Gasteiger partial charge is 0.455 e. The minimum absolute atomic E-state index is 0.101. The van der Waals surface area contributed by atoms with Crippen LogP contribution in [0.3, 0.4) is 0 Å². The molecule has 1 atom stereocenters. The summed E-state index contributed by atoms with van der Waals surface area (Å²) in [6.07, 6.45) is 2.85. The molecule has 0 saturated carbocycles. The molecule has 0 bridgehead atoms. The summed E-state index contributed by atoms with van der Waals surface area (Å²) in [6, 6.07) is 9.33. The van der Waals surface area contributed by atoms with E-state index in [1.54, 1.807) is 12.1 Å². The van der Waals surface area contributed by atoms with Gasteiger partial charge in [0.15, 0.2) is 6.61 Å². The number of thioether (sulfide) groups is 1. The molecule has 0 radical (unpaired) electrons. The van der Waals surface area contributed by atoms with E-state index < -0.39 is 11.9 Å². The van der Waals surface area contributed by atoms with E-state index in [4.69, 9.17) is 16.3 Å². The van der Waals surface area contributed by atoms with Gasteiger partial charge in [0.2, 0.25) is 0 Å².